The maximum Gasteiger partial charge on any atom is 0.152 e. The third kappa shape index (κ3) is 2.52. The average Bonchev–Trinajstić information content (AvgIpc) is 3.13. The Bertz CT molecular complexity index is 950. The summed E-state index contributed by atoms with van der Waals surface area (Å²) in [6.45, 7) is 2.78. The van der Waals surface area contributed by atoms with Crippen molar-refractivity contribution >= 4 is 6.29 Å². The van der Waals surface area contributed by atoms with Gasteiger partial charge in [0.15, 0.2) is 6.29 Å². The summed E-state index contributed by atoms with van der Waals surface area (Å²) in [5.41, 5.74) is 2.47. The van der Waals surface area contributed by atoms with Crippen molar-refractivity contribution in [2.45, 2.75) is 18.8 Å². The Balaban J connectivity index is 1.75. The van der Waals surface area contributed by atoms with Gasteiger partial charge in [-0.2, -0.15) is 0 Å². The molecule has 0 aliphatic carbocycles. The zero-order chi connectivity index (χ0) is 17.4. The largest absolute Gasteiger partial charge is 0.493 e. The van der Waals surface area contributed by atoms with E-state index in [0.717, 1.165) is 23.4 Å². The van der Waals surface area contributed by atoms with Gasteiger partial charge in [-0.15, -0.1) is 0 Å². The van der Waals surface area contributed by atoms with E-state index in [2.05, 4.69) is 23.0 Å². The predicted octanol–water partition coefficient (Wildman–Crippen LogP) is 4.12. The molecule has 1 aromatic heterocycles. The number of ether oxygens (including phenoxy) is 1. The van der Waals surface area contributed by atoms with Crippen LogP contribution in [-0.4, -0.2) is 22.9 Å². The van der Waals surface area contributed by atoms with Gasteiger partial charge in [-0.25, -0.2) is 9.37 Å². The molecule has 126 valence electrons. The Morgan fingerprint density at radius 3 is 2.92 bits per heavy atom. The van der Waals surface area contributed by atoms with E-state index >= 15 is 0 Å². The van der Waals surface area contributed by atoms with Crippen LogP contribution in [-0.2, 0) is 5.41 Å². The lowest BCUT2D eigenvalue weighted by molar-refractivity contribution is 0.112. The average molecular weight is 336 g/mol. The first-order valence-electron chi connectivity index (χ1n) is 8.15. The van der Waals surface area contributed by atoms with Crippen molar-refractivity contribution < 1.29 is 13.9 Å². The topological polar surface area (TPSA) is 55.0 Å². The summed E-state index contributed by atoms with van der Waals surface area (Å²) in [7, 11) is 0. The first-order chi connectivity index (χ1) is 12.1. The van der Waals surface area contributed by atoms with Gasteiger partial charge < -0.3 is 9.72 Å². The van der Waals surface area contributed by atoms with Crippen molar-refractivity contribution in [2.75, 3.05) is 6.61 Å². The fraction of sp³-hybridized carbons (Fsp3) is 0.200. The van der Waals surface area contributed by atoms with Crippen molar-refractivity contribution in [1.29, 1.82) is 0 Å². The van der Waals surface area contributed by atoms with E-state index in [4.69, 9.17) is 4.74 Å². The molecule has 1 unspecified atom stereocenters. The van der Waals surface area contributed by atoms with Crippen LogP contribution in [0.4, 0.5) is 4.39 Å². The number of halogens is 1. The number of hydrogen-bond donors (Lipinski definition) is 1. The van der Waals surface area contributed by atoms with Crippen LogP contribution in [0.25, 0.3) is 11.4 Å². The number of imidazole rings is 1. The van der Waals surface area contributed by atoms with Gasteiger partial charge in [0.2, 0.25) is 0 Å². The van der Waals surface area contributed by atoms with E-state index in [1.54, 1.807) is 12.3 Å². The second-order valence-corrected chi connectivity index (χ2v) is 6.43. The third-order valence-corrected chi connectivity index (χ3v) is 4.91. The zero-order valence-electron chi connectivity index (χ0n) is 13.8. The van der Waals surface area contributed by atoms with E-state index in [9.17, 15) is 9.18 Å². The van der Waals surface area contributed by atoms with Crippen LogP contribution in [0.15, 0.2) is 48.7 Å². The number of para-hydroxylation sites is 1. The zero-order valence-corrected chi connectivity index (χ0v) is 13.8. The Labute approximate surface area is 144 Å². The first kappa shape index (κ1) is 15.6. The molecule has 25 heavy (non-hydrogen) atoms. The minimum absolute atomic E-state index is 0.0425. The molecule has 0 amide bonds. The summed E-state index contributed by atoms with van der Waals surface area (Å²) in [5.74, 6) is 0.915. The van der Waals surface area contributed by atoms with Crippen LogP contribution in [0, 0.1) is 5.82 Å². The maximum absolute atomic E-state index is 13.9. The van der Waals surface area contributed by atoms with Crippen LogP contribution in [0.3, 0.4) is 0 Å². The fourth-order valence-electron chi connectivity index (χ4n) is 3.35. The van der Waals surface area contributed by atoms with Crippen LogP contribution >= 0.6 is 0 Å². The van der Waals surface area contributed by atoms with Crippen LogP contribution in [0.5, 0.6) is 5.75 Å². The fourth-order valence-corrected chi connectivity index (χ4v) is 3.35. The number of nitrogens with one attached hydrogen (secondary N) is 1. The number of aromatic amines is 1. The second-order valence-electron chi connectivity index (χ2n) is 6.43. The van der Waals surface area contributed by atoms with Gasteiger partial charge in [-0.1, -0.05) is 24.3 Å². The van der Waals surface area contributed by atoms with E-state index < -0.39 is 5.82 Å². The van der Waals surface area contributed by atoms with E-state index in [0.29, 0.717) is 24.3 Å². The van der Waals surface area contributed by atoms with Gasteiger partial charge in [0, 0.05) is 28.4 Å². The normalized spacial score (nSPS) is 19.1. The molecule has 0 saturated carbocycles. The highest BCUT2D eigenvalue weighted by Crippen LogP contribution is 2.42. The number of fused-ring (bicyclic) bond motifs is 1. The molecule has 0 bridgehead atoms. The van der Waals surface area contributed by atoms with Gasteiger partial charge >= 0.3 is 0 Å². The van der Waals surface area contributed by atoms with Crippen LogP contribution in [0.2, 0.25) is 0 Å². The summed E-state index contributed by atoms with van der Waals surface area (Å²) in [6.07, 6.45) is 3.12. The predicted molar refractivity (Wildman–Crippen MR) is 92.4 cm³/mol. The molecule has 2 aromatic carbocycles. The molecule has 2 heterocycles. The molecule has 0 saturated heterocycles. The summed E-state index contributed by atoms with van der Waals surface area (Å²) in [5, 5.41) is 0. The number of hydrogen-bond acceptors (Lipinski definition) is 3. The van der Waals surface area contributed by atoms with E-state index in [1.807, 2.05) is 18.2 Å². The number of nitrogens with zero attached hydrogens (tertiary/aromatic N) is 1. The SMILES string of the molecule is CC1(c2cnc(-c3ccc(C=O)c(F)c3)[nH]2)CCOc2ccccc21. The Hall–Kier alpha value is -2.95. The number of aldehydes is 1. The molecule has 1 aliphatic heterocycles. The lowest BCUT2D eigenvalue weighted by atomic mass is 9.75. The Morgan fingerprint density at radius 1 is 1.28 bits per heavy atom. The molecule has 1 aliphatic rings. The molecule has 0 fully saturated rings. The van der Waals surface area contributed by atoms with Gasteiger partial charge in [-0.3, -0.25) is 4.79 Å². The highest BCUT2D eigenvalue weighted by atomic mass is 19.1. The number of carbonyl (C=O) groups is 1. The standard InChI is InChI=1S/C20H17FN2O2/c1-20(8-9-25-17-5-3-2-4-15(17)20)18-11-22-19(23-18)13-6-7-14(12-24)16(21)10-13/h2-7,10-12H,8-9H2,1H3,(H,22,23). The molecular weight excluding hydrogens is 319 g/mol. The number of benzene rings is 2. The van der Waals surface area contributed by atoms with Crippen molar-refractivity contribution in [3.63, 3.8) is 0 Å². The maximum atomic E-state index is 13.9. The summed E-state index contributed by atoms with van der Waals surface area (Å²) in [4.78, 5) is 18.5. The number of aromatic nitrogens is 2. The molecule has 5 heteroatoms. The summed E-state index contributed by atoms with van der Waals surface area (Å²) >= 11 is 0. The number of rotatable bonds is 3. The highest BCUT2D eigenvalue weighted by Gasteiger charge is 2.36. The van der Waals surface area contributed by atoms with Gasteiger partial charge in [0.25, 0.3) is 0 Å². The molecule has 3 aromatic rings. The molecule has 4 rings (SSSR count). The van der Waals surface area contributed by atoms with Crippen molar-refractivity contribution in [3.05, 3.63) is 71.3 Å². The van der Waals surface area contributed by atoms with Crippen molar-refractivity contribution in [1.82, 2.24) is 9.97 Å². The van der Waals surface area contributed by atoms with Crippen LogP contribution < -0.4 is 4.74 Å². The summed E-state index contributed by atoms with van der Waals surface area (Å²) < 4.78 is 19.6. The first-order valence-corrected chi connectivity index (χ1v) is 8.15. The third-order valence-electron chi connectivity index (χ3n) is 4.91. The minimum Gasteiger partial charge on any atom is -0.493 e. The van der Waals surface area contributed by atoms with E-state index in [1.165, 1.54) is 12.1 Å². The minimum atomic E-state index is -0.548. The Morgan fingerprint density at radius 2 is 2.12 bits per heavy atom. The van der Waals surface area contributed by atoms with E-state index in [-0.39, 0.29) is 11.0 Å². The lowest BCUT2D eigenvalue weighted by Gasteiger charge is -2.34. The number of H-pyrrole nitrogens is 1. The Kier molecular flexibility index (Phi) is 3.64. The van der Waals surface area contributed by atoms with Crippen molar-refractivity contribution in [3.8, 4) is 17.1 Å². The highest BCUT2D eigenvalue weighted by molar-refractivity contribution is 5.76. The monoisotopic (exact) mass is 336 g/mol. The quantitative estimate of drug-likeness (QED) is 0.732. The smallest absolute Gasteiger partial charge is 0.152 e. The lowest BCUT2D eigenvalue weighted by Crippen LogP contribution is -2.31. The van der Waals surface area contributed by atoms with Crippen molar-refractivity contribution in [2.24, 2.45) is 0 Å². The molecule has 1 N–H and O–H groups in total. The second kappa shape index (κ2) is 5.84. The molecule has 1 atom stereocenters. The number of carbonyl (C=O) groups excluding carboxylic acids is 1. The molecular formula is C20H17FN2O2. The van der Waals surface area contributed by atoms with Gasteiger partial charge in [-0.05, 0) is 31.5 Å². The van der Waals surface area contributed by atoms with Gasteiger partial charge in [0.1, 0.15) is 17.4 Å². The molecule has 0 radical (unpaired) electrons. The van der Waals surface area contributed by atoms with Gasteiger partial charge in [0.05, 0.1) is 12.2 Å². The van der Waals surface area contributed by atoms with Crippen LogP contribution in [0.1, 0.15) is 35.0 Å². The molecule has 4 nitrogen and oxygen atoms in total. The molecule has 0 spiro atoms. The summed E-state index contributed by atoms with van der Waals surface area (Å²) in [6, 6.07) is 12.5.